The Hall–Kier alpha value is -10.1. The van der Waals surface area contributed by atoms with E-state index < -0.39 is 0 Å². The molecule has 0 atom stereocenters. The smallest absolute Gasteiger partial charge is 0.164 e. The van der Waals surface area contributed by atoms with Crippen LogP contribution >= 0.6 is 0 Å². The van der Waals surface area contributed by atoms with E-state index in [0.717, 1.165) is 127 Å². The van der Waals surface area contributed by atoms with Gasteiger partial charge in [-0.05, 0) is 101 Å². The van der Waals surface area contributed by atoms with Gasteiger partial charge in [0.25, 0.3) is 0 Å². The molecular formula is C65H37N5O3. The van der Waals surface area contributed by atoms with E-state index in [0.29, 0.717) is 23.3 Å². The van der Waals surface area contributed by atoms with Crippen molar-refractivity contribution in [1.82, 2.24) is 24.9 Å². The Morgan fingerprint density at radius 1 is 0.219 bits per heavy atom. The summed E-state index contributed by atoms with van der Waals surface area (Å²) in [6.45, 7) is 0. The van der Waals surface area contributed by atoms with Gasteiger partial charge in [-0.25, -0.2) is 24.9 Å². The van der Waals surface area contributed by atoms with Crippen molar-refractivity contribution in [3.63, 3.8) is 0 Å². The Bertz CT molecular complexity index is 4570. The minimum absolute atomic E-state index is 0.529. The van der Waals surface area contributed by atoms with Gasteiger partial charge in [-0.1, -0.05) is 146 Å². The van der Waals surface area contributed by atoms with Crippen molar-refractivity contribution in [2.75, 3.05) is 0 Å². The SMILES string of the molecule is c1ccc(-c2nc(-c3cccc(-c4cccc(-c5nc(-c6ccc7c(c6)oc6ccccc67)nc(-c6ccc7c(c6)oc6ccccc67)n5)c4)c3)cc(-c3ccc4oc5ccc6ccccc6c5c4c3)n2)cc1. The number of hydrogen-bond donors (Lipinski definition) is 0. The fourth-order valence-corrected chi connectivity index (χ4v) is 10.4. The maximum absolute atomic E-state index is 6.38. The second kappa shape index (κ2) is 16.3. The van der Waals surface area contributed by atoms with Crippen LogP contribution in [-0.2, 0) is 0 Å². The summed E-state index contributed by atoms with van der Waals surface area (Å²) in [5, 5.41) is 8.66. The molecule has 5 aromatic heterocycles. The van der Waals surface area contributed by atoms with Gasteiger partial charge in [-0.2, -0.15) is 0 Å². The zero-order valence-electron chi connectivity index (χ0n) is 38.8. The fraction of sp³-hybridized carbons (Fsp3) is 0. The molecule has 15 aromatic rings. The molecule has 340 valence electrons. The number of benzene rings is 10. The van der Waals surface area contributed by atoms with Crippen molar-refractivity contribution in [1.29, 1.82) is 0 Å². The van der Waals surface area contributed by atoms with Crippen molar-refractivity contribution in [3.05, 3.63) is 224 Å². The lowest BCUT2D eigenvalue weighted by atomic mass is 9.98. The van der Waals surface area contributed by atoms with Crippen LogP contribution in [0.3, 0.4) is 0 Å². The van der Waals surface area contributed by atoms with Gasteiger partial charge in [0, 0.05) is 65.7 Å². The zero-order chi connectivity index (χ0) is 48.0. The quantitative estimate of drug-likeness (QED) is 0.156. The molecule has 0 unspecified atom stereocenters. The third-order valence-electron chi connectivity index (χ3n) is 13.9. The molecule has 0 saturated heterocycles. The van der Waals surface area contributed by atoms with E-state index in [1.54, 1.807) is 0 Å². The Kier molecular flexibility index (Phi) is 9.09. The Morgan fingerprint density at radius 3 is 1.32 bits per heavy atom. The summed E-state index contributed by atoms with van der Waals surface area (Å²) in [6, 6.07) is 76.5. The molecule has 0 radical (unpaired) electrons. The van der Waals surface area contributed by atoms with Crippen LogP contribution < -0.4 is 0 Å². The van der Waals surface area contributed by atoms with E-state index in [1.807, 2.05) is 78.9 Å². The summed E-state index contributed by atoms with van der Waals surface area (Å²) in [5.41, 5.74) is 13.8. The van der Waals surface area contributed by atoms with Gasteiger partial charge in [-0.3, -0.25) is 0 Å². The minimum atomic E-state index is 0.529. The maximum Gasteiger partial charge on any atom is 0.164 e. The van der Waals surface area contributed by atoms with Crippen LogP contribution in [0.15, 0.2) is 238 Å². The van der Waals surface area contributed by atoms with Gasteiger partial charge in [0.2, 0.25) is 0 Å². The lowest BCUT2D eigenvalue weighted by molar-refractivity contribution is 0.668. The first-order chi connectivity index (χ1) is 36.1. The summed E-state index contributed by atoms with van der Waals surface area (Å²) < 4.78 is 19.0. The van der Waals surface area contributed by atoms with Gasteiger partial charge in [0.15, 0.2) is 23.3 Å². The summed E-state index contributed by atoms with van der Waals surface area (Å²) in [5.74, 6) is 2.24. The standard InChI is InChI=1S/C65H37N5O3/c1-2-13-39(14-3-1)62-66-53(37-54(67-62)43-27-30-57-52(34-43)61-47-19-5-4-12-38(47)26-31-58(61)71-57)42-17-10-15-40(32-42)41-16-11-18-44(33-41)63-68-64(45-24-28-50-48-20-6-8-22-55(48)72-59(50)35-45)70-65(69-63)46-25-29-51-49-21-7-9-23-56(49)73-60(51)36-46/h1-37H. The highest BCUT2D eigenvalue weighted by Gasteiger charge is 2.19. The average molecular weight is 936 g/mol. The molecule has 10 aromatic carbocycles. The molecule has 0 bridgehead atoms. The summed E-state index contributed by atoms with van der Waals surface area (Å²) in [7, 11) is 0. The topological polar surface area (TPSA) is 104 Å². The fourth-order valence-electron chi connectivity index (χ4n) is 10.4. The van der Waals surface area contributed by atoms with E-state index in [1.165, 1.54) is 5.39 Å². The predicted molar refractivity (Wildman–Crippen MR) is 293 cm³/mol. The van der Waals surface area contributed by atoms with Crippen LogP contribution in [0.5, 0.6) is 0 Å². The van der Waals surface area contributed by atoms with Crippen molar-refractivity contribution in [2.24, 2.45) is 0 Å². The van der Waals surface area contributed by atoms with Crippen LogP contribution in [0.4, 0.5) is 0 Å². The van der Waals surface area contributed by atoms with Crippen molar-refractivity contribution < 1.29 is 13.3 Å². The van der Waals surface area contributed by atoms with E-state index in [2.05, 4.69) is 146 Å². The summed E-state index contributed by atoms with van der Waals surface area (Å²) in [6.07, 6.45) is 0. The molecule has 0 spiro atoms. The first-order valence-electron chi connectivity index (χ1n) is 24.2. The molecular weight excluding hydrogens is 899 g/mol. The van der Waals surface area contributed by atoms with E-state index in [-0.39, 0.29) is 0 Å². The number of nitrogens with zero attached hydrogens (tertiary/aromatic N) is 5. The Morgan fingerprint density at radius 2 is 0.658 bits per heavy atom. The zero-order valence-corrected chi connectivity index (χ0v) is 38.8. The number of fused-ring (bicyclic) bond motifs is 11. The van der Waals surface area contributed by atoms with Crippen LogP contribution in [0, 0.1) is 0 Å². The second-order valence-corrected chi connectivity index (χ2v) is 18.4. The molecule has 8 nitrogen and oxygen atoms in total. The number of hydrogen-bond acceptors (Lipinski definition) is 8. The molecule has 0 aliphatic rings. The molecule has 0 amide bonds. The third-order valence-corrected chi connectivity index (χ3v) is 13.9. The van der Waals surface area contributed by atoms with Crippen molar-refractivity contribution in [3.8, 4) is 79.2 Å². The number of rotatable bonds is 7. The monoisotopic (exact) mass is 935 g/mol. The van der Waals surface area contributed by atoms with Gasteiger partial charge in [-0.15, -0.1) is 0 Å². The number of aromatic nitrogens is 5. The van der Waals surface area contributed by atoms with Crippen LogP contribution in [0.1, 0.15) is 0 Å². The molecule has 0 aliphatic carbocycles. The summed E-state index contributed by atoms with van der Waals surface area (Å²) in [4.78, 5) is 25.9. The molecule has 0 saturated carbocycles. The largest absolute Gasteiger partial charge is 0.456 e. The van der Waals surface area contributed by atoms with Gasteiger partial charge in [0.1, 0.15) is 33.5 Å². The van der Waals surface area contributed by atoms with E-state index in [4.69, 9.17) is 38.2 Å². The van der Waals surface area contributed by atoms with Gasteiger partial charge < -0.3 is 13.3 Å². The van der Waals surface area contributed by atoms with E-state index in [9.17, 15) is 0 Å². The first kappa shape index (κ1) is 40.8. The molecule has 0 aliphatic heterocycles. The minimum Gasteiger partial charge on any atom is -0.456 e. The molecule has 5 heterocycles. The Balaban J connectivity index is 0.841. The molecule has 0 N–H and O–H groups in total. The maximum atomic E-state index is 6.38. The molecule has 15 rings (SSSR count). The molecule has 73 heavy (non-hydrogen) atoms. The third kappa shape index (κ3) is 6.95. The summed E-state index contributed by atoms with van der Waals surface area (Å²) >= 11 is 0. The average Bonchev–Trinajstić information content (AvgIpc) is 4.17. The predicted octanol–water partition coefficient (Wildman–Crippen LogP) is 17.2. The normalized spacial score (nSPS) is 11.8. The highest BCUT2D eigenvalue weighted by molar-refractivity contribution is 6.19. The van der Waals surface area contributed by atoms with Crippen LogP contribution in [-0.4, -0.2) is 24.9 Å². The lowest BCUT2D eigenvalue weighted by Gasteiger charge is -2.12. The number of furan rings is 3. The van der Waals surface area contributed by atoms with Crippen LogP contribution in [0.25, 0.3) is 156 Å². The highest BCUT2D eigenvalue weighted by atomic mass is 16.3. The number of para-hydroxylation sites is 2. The van der Waals surface area contributed by atoms with Crippen molar-refractivity contribution in [2.45, 2.75) is 0 Å². The molecule has 8 heteroatoms. The van der Waals surface area contributed by atoms with Crippen LogP contribution in [0.2, 0.25) is 0 Å². The van der Waals surface area contributed by atoms with Crippen molar-refractivity contribution >= 4 is 76.6 Å². The first-order valence-corrected chi connectivity index (χ1v) is 24.2. The molecule has 0 fully saturated rings. The highest BCUT2D eigenvalue weighted by Crippen LogP contribution is 2.39. The second-order valence-electron chi connectivity index (χ2n) is 18.4. The van der Waals surface area contributed by atoms with E-state index >= 15 is 0 Å². The van der Waals surface area contributed by atoms with Gasteiger partial charge >= 0.3 is 0 Å². The van der Waals surface area contributed by atoms with Gasteiger partial charge in [0.05, 0.1) is 11.4 Å². The Labute approximate surface area is 416 Å². The lowest BCUT2D eigenvalue weighted by Crippen LogP contribution is -2.00.